The normalized spacial score (nSPS) is 11.5. The molecule has 0 bridgehead atoms. The van der Waals surface area contributed by atoms with Gasteiger partial charge in [-0.15, -0.1) is 0 Å². The second kappa shape index (κ2) is 3.03. The van der Waals surface area contributed by atoms with Gasteiger partial charge in [-0.3, -0.25) is 0 Å². The van der Waals surface area contributed by atoms with Gasteiger partial charge in [0.05, 0.1) is 0 Å². The van der Waals surface area contributed by atoms with E-state index in [4.69, 9.17) is 0 Å². The van der Waals surface area contributed by atoms with Crippen LogP contribution in [0.4, 0.5) is 0 Å². The van der Waals surface area contributed by atoms with Crippen molar-refractivity contribution < 1.29 is 5.11 Å². The first-order valence-corrected chi connectivity index (χ1v) is 4.28. The topological polar surface area (TPSA) is 20.2 Å². The van der Waals surface area contributed by atoms with Crippen LogP contribution in [0.2, 0.25) is 0 Å². The van der Waals surface area contributed by atoms with Crippen LogP contribution in [-0.2, 0) is 5.40 Å². The highest BCUT2D eigenvalue weighted by atomic mass is 79.9. The summed E-state index contributed by atoms with van der Waals surface area (Å²) < 4.78 is 0.951. The summed E-state index contributed by atoms with van der Waals surface area (Å²) in [5.74, 6) is 0. The van der Waals surface area contributed by atoms with Crippen molar-refractivity contribution in [3.63, 3.8) is 0 Å². The summed E-state index contributed by atoms with van der Waals surface area (Å²) in [5, 5.41) is 8.88. The molecule has 0 amide bonds. The minimum atomic E-state index is -0.764. The lowest BCUT2D eigenvalue weighted by Gasteiger charge is -2.19. The Bertz CT molecular complexity index is 257. The van der Waals surface area contributed by atoms with Crippen LogP contribution in [0, 0.1) is 0 Å². The van der Waals surface area contributed by atoms with Crippen LogP contribution in [0.5, 0.6) is 0 Å². The number of benzene rings is 1. The maximum atomic E-state index is 9.64. The number of halogens is 1. The average Bonchev–Trinajstić information content (AvgIpc) is 1.86. The lowest BCUT2D eigenvalue weighted by molar-refractivity contribution is 0.216. The molecule has 0 aliphatic heterocycles. The monoisotopic (exact) mass is 210 g/mol. The molecule has 0 spiro atoms. The van der Waals surface area contributed by atoms with E-state index in [-0.39, 0.29) is 0 Å². The maximum absolute atomic E-state index is 9.64. The Hall–Kier alpha value is -0.210. The van der Waals surface area contributed by atoms with Gasteiger partial charge in [0.15, 0.2) is 0 Å². The fourth-order valence-corrected chi connectivity index (χ4v) is 1.73. The molecule has 0 aliphatic rings. The van der Waals surface area contributed by atoms with Gasteiger partial charge < -0.3 is 5.11 Å². The van der Waals surface area contributed by atoms with E-state index in [0.29, 0.717) is 0 Å². The first kappa shape index (κ1) is 8.88. The minimum Gasteiger partial charge on any atom is -0.403 e. The van der Waals surface area contributed by atoms with E-state index in [1.165, 1.54) is 0 Å². The van der Waals surface area contributed by atoms with Crippen molar-refractivity contribution in [3.05, 3.63) is 34.3 Å². The summed E-state index contributed by atoms with van der Waals surface area (Å²) >= 11 is 3.37. The van der Waals surface area contributed by atoms with Crippen molar-refractivity contribution in [1.82, 2.24) is 0 Å². The van der Waals surface area contributed by atoms with Crippen LogP contribution in [0.15, 0.2) is 28.7 Å². The van der Waals surface area contributed by atoms with Gasteiger partial charge >= 0.3 is 0 Å². The molecule has 56 valence electrons. The van der Waals surface area contributed by atoms with E-state index in [2.05, 4.69) is 15.9 Å². The van der Waals surface area contributed by atoms with Gasteiger partial charge in [-0.1, -0.05) is 34.1 Å². The molecule has 0 aliphatic carbocycles. The van der Waals surface area contributed by atoms with Crippen molar-refractivity contribution in [1.29, 1.82) is 0 Å². The molecule has 0 fully saturated rings. The first-order valence-electron chi connectivity index (χ1n) is 3.49. The Balaban J connectivity index is 3.14. The molecule has 0 atom stereocenters. The van der Waals surface area contributed by atoms with Crippen LogP contribution < -0.4 is 0 Å². The molecule has 0 aromatic heterocycles. The highest BCUT2D eigenvalue weighted by Gasteiger charge is 2.17. The van der Waals surface area contributed by atoms with Crippen molar-refractivity contribution in [2.24, 2.45) is 0 Å². The molecule has 1 N–H and O–H groups in total. The van der Waals surface area contributed by atoms with E-state index in [9.17, 15) is 5.11 Å². The van der Waals surface area contributed by atoms with Crippen LogP contribution >= 0.6 is 15.9 Å². The molecule has 4 heteroatoms. The van der Waals surface area contributed by atoms with E-state index >= 15 is 0 Å². The van der Waals surface area contributed by atoms with Crippen LogP contribution in [0.1, 0.15) is 5.56 Å². The fraction of sp³-hybridized carbons (Fsp3) is 0.143. The second-order valence-electron chi connectivity index (χ2n) is 3.04. The molecule has 0 saturated heterocycles. The van der Waals surface area contributed by atoms with Gasteiger partial charge in [0.1, 0.15) is 15.7 Å². The molecule has 1 aromatic carbocycles. The van der Waals surface area contributed by atoms with E-state index in [1.54, 1.807) is 15.7 Å². The van der Waals surface area contributed by atoms with Gasteiger partial charge in [0.25, 0.3) is 0 Å². The summed E-state index contributed by atoms with van der Waals surface area (Å²) in [6.45, 7) is 0. The third-order valence-electron chi connectivity index (χ3n) is 1.53. The Morgan fingerprint density at radius 3 is 2.18 bits per heavy atom. The molecular formula is C7H9B2BrO. The lowest BCUT2D eigenvalue weighted by Crippen LogP contribution is -2.26. The summed E-state index contributed by atoms with van der Waals surface area (Å²) in [4.78, 5) is 0. The van der Waals surface area contributed by atoms with Crippen LogP contribution in [0.3, 0.4) is 0 Å². The average molecular weight is 211 g/mol. The van der Waals surface area contributed by atoms with Crippen molar-refractivity contribution in [3.8, 4) is 0 Å². The third-order valence-corrected chi connectivity index (χ3v) is 2.22. The van der Waals surface area contributed by atoms with E-state index in [0.717, 1.165) is 10.0 Å². The Labute approximate surface area is 76.8 Å². The minimum absolute atomic E-state index is 0.764. The zero-order valence-corrected chi connectivity index (χ0v) is 8.22. The maximum Gasteiger partial charge on any atom is 0.137 e. The fourth-order valence-electron chi connectivity index (χ4n) is 0.957. The lowest BCUT2D eigenvalue weighted by atomic mass is 9.61. The van der Waals surface area contributed by atoms with Crippen LogP contribution in [-0.4, -0.2) is 20.8 Å². The van der Waals surface area contributed by atoms with Crippen molar-refractivity contribution in [2.75, 3.05) is 0 Å². The Morgan fingerprint density at radius 1 is 1.27 bits per heavy atom. The summed E-state index contributed by atoms with van der Waals surface area (Å²) in [5.41, 5.74) is 0.917. The van der Waals surface area contributed by atoms with Crippen molar-refractivity contribution >= 4 is 31.6 Å². The molecule has 1 rings (SSSR count). The van der Waals surface area contributed by atoms with Crippen LogP contribution in [0.25, 0.3) is 0 Å². The van der Waals surface area contributed by atoms with Gasteiger partial charge in [0.2, 0.25) is 0 Å². The Morgan fingerprint density at radius 2 is 1.82 bits per heavy atom. The summed E-state index contributed by atoms with van der Waals surface area (Å²) in [6, 6.07) is 7.68. The standard InChI is InChI=1S/C7H9B2BrO/c8-7(9,11)5-3-1-2-4-6(5)10/h1-4,11H,8-9H2. The molecule has 0 unspecified atom stereocenters. The summed E-state index contributed by atoms with van der Waals surface area (Å²) in [6.07, 6.45) is 0. The molecule has 0 saturated carbocycles. The predicted octanol–water partition coefficient (Wildman–Crippen LogP) is -0.182. The summed E-state index contributed by atoms with van der Waals surface area (Å²) in [7, 11) is 3.54. The molecule has 11 heavy (non-hydrogen) atoms. The van der Waals surface area contributed by atoms with E-state index in [1.807, 2.05) is 24.3 Å². The number of hydrogen-bond donors (Lipinski definition) is 1. The van der Waals surface area contributed by atoms with Crippen molar-refractivity contribution in [2.45, 2.75) is 5.40 Å². The molecule has 0 heterocycles. The quantitative estimate of drug-likeness (QED) is 0.638. The zero-order valence-electron chi connectivity index (χ0n) is 6.63. The number of aliphatic hydroxyl groups is 1. The largest absolute Gasteiger partial charge is 0.403 e. The zero-order chi connectivity index (χ0) is 8.48. The Kier molecular flexibility index (Phi) is 2.45. The molecule has 1 aromatic rings. The number of hydrogen-bond acceptors (Lipinski definition) is 1. The first-order chi connectivity index (χ1) is 5.02. The second-order valence-corrected chi connectivity index (χ2v) is 3.89. The van der Waals surface area contributed by atoms with Gasteiger partial charge in [0, 0.05) is 9.87 Å². The van der Waals surface area contributed by atoms with Gasteiger partial charge in [-0.25, -0.2) is 0 Å². The number of rotatable bonds is 1. The van der Waals surface area contributed by atoms with E-state index < -0.39 is 5.40 Å². The molecule has 1 nitrogen and oxygen atoms in total. The molecular weight excluding hydrogens is 202 g/mol. The predicted molar refractivity (Wildman–Crippen MR) is 55.1 cm³/mol. The third kappa shape index (κ3) is 2.11. The SMILES string of the molecule is BC(B)(O)c1ccccc1Br. The highest BCUT2D eigenvalue weighted by molar-refractivity contribution is 9.10. The van der Waals surface area contributed by atoms with Gasteiger partial charge in [-0.2, -0.15) is 0 Å². The smallest absolute Gasteiger partial charge is 0.137 e. The highest BCUT2D eigenvalue weighted by Crippen LogP contribution is 2.23. The molecule has 0 radical (unpaired) electrons. The van der Waals surface area contributed by atoms with Gasteiger partial charge in [-0.05, 0) is 11.6 Å².